The molecule has 0 aromatic rings. The molecule has 0 spiro atoms. The SMILES string of the molecule is O=C(/C=C/C(=O)OCC(COC(=O)/C=C/C(=O)OCCN1CCOCC1)CN1CCCCC1)OCCN1CCOCC1. The summed E-state index contributed by atoms with van der Waals surface area (Å²) in [5.74, 6) is -2.89. The summed E-state index contributed by atoms with van der Waals surface area (Å²) in [6.07, 6.45) is 7.51. The van der Waals surface area contributed by atoms with Gasteiger partial charge in [0.1, 0.15) is 13.2 Å². The molecule has 13 nitrogen and oxygen atoms in total. The third kappa shape index (κ3) is 14.9. The van der Waals surface area contributed by atoms with Crippen molar-refractivity contribution in [1.29, 1.82) is 0 Å². The van der Waals surface area contributed by atoms with Gasteiger partial charge in [-0.3, -0.25) is 9.80 Å². The molecule has 3 saturated heterocycles. The number of rotatable bonds is 16. The van der Waals surface area contributed by atoms with E-state index in [0.717, 1.165) is 76.4 Å². The number of carbonyl (C=O) groups excluding carboxylic acids is 4. The molecule has 0 aromatic carbocycles. The highest BCUT2D eigenvalue weighted by molar-refractivity contribution is 5.92. The maximum absolute atomic E-state index is 12.2. The molecule has 0 atom stereocenters. The van der Waals surface area contributed by atoms with Crippen LogP contribution < -0.4 is 0 Å². The molecule has 0 aromatic heterocycles. The van der Waals surface area contributed by atoms with Crippen LogP contribution in [0.15, 0.2) is 24.3 Å². The van der Waals surface area contributed by atoms with E-state index in [1.807, 2.05) is 0 Å². The minimum Gasteiger partial charge on any atom is -0.462 e. The molecule has 0 unspecified atom stereocenters. The number of morpholine rings is 2. The maximum atomic E-state index is 12.2. The van der Waals surface area contributed by atoms with Crippen molar-refractivity contribution >= 4 is 23.9 Å². The van der Waals surface area contributed by atoms with Gasteiger partial charge in [-0.2, -0.15) is 0 Å². The number of hydrogen-bond donors (Lipinski definition) is 0. The predicted octanol–water partition coefficient (Wildman–Crippen LogP) is 0.0381. The molecule has 3 aliphatic heterocycles. The average molecular weight is 596 g/mol. The van der Waals surface area contributed by atoms with Gasteiger partial charge in [-0.05, 0) is 25.9 Å². The van der Waals surface area contributed by atoms with Crippen molar-refractivity contribution in [2.75, 3.05) is 112 Å². The molecule has 0 radical (unpaired) electrons. The van der Waals surface area contributed by atoms with Gasteiger partial charge in [0, 0.05) is 76.0 Å². The van der Waals surface area contributed by atoms with E-state index in [1.165, 1.54) is 6.42 Å². The van der Waals surface area contributed by atoms with Crippen molar-refractivity contribution in [1.82, 2.24) is 14.7 Å². The predicted molar refractivity (Wildman–Crippen MR) is 150 cm³/mol. The summed E-state index contributed by atoms with van der Waals surface area (Å²) in [5.41, 5.74) is 0. The van der Waals surface area contributed by atoms with Gasteiger partial charge in [0.2, 0.25) is 0 Å². The topological polar surface area (TPSA) is 133 Å². The number of ether oxygens (including phenoxy) is 6. The van der Waals surface area contributed by atoms with E-state index in [0.29, 0.717) is 46.1 Å². The lowest BCUT2D eigenvalue weighted by Gasteiger charge is -2.30. The lowest BCUT2D eigenvalue weighted by atomic mass is 10.1. The molecule has 3 aliphatic rings. The quantitative estimate of drug-likeness (QED) is 0.135. The van der Waals surface area contributed by atoms with Crippen molar-refractivity contribution in [3.8, 4) is 0 Å². The van der Waals surface area contributed by atoms with Crippen molar-refractivity contribution in [2.24, 2.45) is 5.92 Å². The standard InChI is InChI=1S/C29H45N3O10/c33-26(39-20-14-30-10-16-37-17-11-30)4-6-28(35)41-23-25(22-32-8-2-1-3-9-32)24-42-29(36)7-5-27(34)40-21-15-31-12-18-38-19-13-31/h4-7,25H,1-3,8-24H2/b6-4+,7-5+. The summed E-state index contributed by atoms with van der Waals surface area (Å²) in [6, 6.07) is 0. The molecule has 0 bridgehead atoms. The van der Waals surface area contributed by atoms with Crippen LogP contribution in [-0.4, -0.2) is 150 Å². The van der Waals surface area contributed by atoms with E-state index in [2.05, 4.69) is 14.7 Å². The minimum absolute atomic E-state index is 0.00628. The fraction of sp³-hybridized carbons (Fsp3) is 0.724. The lowest BCUT2D eigenvalue weighted by molar-refractivity contribution is -0.145. The summed E-state index contributed by atoms with van der Waals surface area (Å²) in [4.78, 5) is 54.9. The smallest absolute Gasteiger partial charge is 0.331 e. The van der Waals surface area contributed by atoms with E-state index in [4.69, 9.17) is 28.4 Å². The second-order valence-corrected chi connectivity index (χ2v) is 10.4. The Balaban J connectivity index is 1.35. The van der Waals surface area contributed by atoms with Crippen LogP contribution in [0.25, 0.3) is 0 Å². The molecule has 3 rings (SSSR count). The molecule has 0 saturated carbocycles. The fourth-order valence-corrected chi connectivity index (χ4v) is 4.73. The Hall–Kier alpha value is -2.84. The Morgan fingerprint density at radius 1 is 0.548 bits per heavy atom. The summed E-state index contributed by atoms with van der Waals surface area (Å²) >= 11 is 0. The molecular formula is C29H45N3O10. The first-order chi connectivity index (χ1) is 20.5. The van der Waals surface area contributed by atoms with Crippen LogP contribution >= 0.6 is 0 Å². The van der Waals surface area contributed by atoms with Crippen molar-refractivity contribution in [2.45, 2.75) is 19.3 Å². The van der Waals surface area contributed by atoms with E-state index in [1.54, 1.807) is 0 Å². The van der Waals surface area contributed by atoms with E-state index >= 15 is 0 Å². The monoisotopic (exact) mass is 595 g/mol. The van der Waals surface area contributed by atoms with Crippen LogP contribution in [0, 0.1) is 5.92 Å². The van der Waals surface area contributed by atoms with Crippen molar-refractivity contribution < 1.29 is 47.6 Å². The van der Waals surface area contributed by atoms with Gasteiger partial charge in [0.05, 0.1) is 39.6 Å². The molecule has 0 amide bonds. The zero-order valence-corrected chi connectivity index (χ0v) is 24.5. The number of piperidine rings is 1. The summed E-state index contributed by atoms with van der Waals surface area (Å²) in [7, 11) is 0. The highest BCUT2D eigenvalue weighted by Crippen LogP contribution is 2.12. The van der Waals surface area contributed by atoms with E-state index in [9.17, 15) is 19.2 Å². The fourth-order valence-electron chi connectivity index (χ4n) is 4.73. The van der Waals surface area contributed by atoms with Crippen molar-refractivity contribution in [3.05, 3.63) is 24.3 Å². The molecular weight excluding hydrogens is 550 g/mol. The third-order valence-electron chi connectivity index (χ3n) is 7.11. The van der Waals surface area contributed by atoms with Crippen LogP contribution in [0.4, 0.5) is 0 Å². The number of hydrogen-bond acceptors (Lipinski definition) is 13. The Morgan fingerprint density at radius 2 is 0.952 bits per heavy atom. The van der Waals surface area contributed by atoms with Crippen LogP contribution in [0.2, 0.25) is 0 Å². The lowest BCUT2D eigenvalue weighted by Crippen LogP contribution is -2.38. The van der Waals surface area contributed by atoms with Crippen molar-refractivity contribution in [3.63, 3.8) is 0 Å². The second-order valence-electron chi connectivity index (χ2n) is 10.4. The zero-order valence-electron chi connectivity index (χ0n) is 24.5. The second kappa shape index (κ2) is 20.1. The van der Waals surface area contributed by atoms with Gasteiger partial charge in [-0.15, -0.1) is 0 Å². The largest absolute Gasteiger partial charge is 0.462 e. The first-order valence-electron chi connectivity index (χ1n) is 14.8. The molecule has 42 heavy (non-hydrogen) atoms. The van der Waals surface area contributed by atoms with Crippen LogP contribution in [-0.2, 0) is 47.6 Å². The molecule has 236 valence electrons. The maximum Gasteiger partial charge on any atom is 0.331 e. The van der Waals surface area contributed by atoms with Crippen LogP contribution in [0.5, 0.6) is 0 Å². The summed E-state index contributed by atoms with van der Waals surface area (Å²) in [5, 5.41) is 0. The molecule has 3 heterocycles. The minimum atomic E-state index is -0.685. The zero-order chi connectivity index (χ0) is 29.8. The first kappa shape index (κ1) is 33.7. The summed E-state index contributed by atoms with van der Waals surface area (Å²) < 4.78 is 31.6. The van der Waals surface area contributed by atoms with Crippen LogP contribution in [0.1, 0.15) is 19.3 Å². The van der Waals surface area contributed by atoms with Gasteiger partial charge in [0.25, 0.3) is 0 Å². The number of likely N-dealkylation sites (tertiary alicyclic amines) is 1. The summed E-state index contributed by atoms with van der Waals surface area (Å²) in [6.45, 7) is 9.96. The van der Waals surface area contributed by atoms with Gasteiger partial charge < -0.3 is 33.3 Å². The third-order valence-corrected chi connectivity index (χ3v) is 7.11. The van der Waals surface area contributed by atoms with Gasteiger partial charge in [-0.1, -0.05) is 6.42 Å². The Bertz CT molecular complexity index is 832. The Kier molecular flexibility index (Phi) is 16.1. The van der Waals surface area contributed by atoms with Gasteiger partial charge in [0.15, 0.2) is 0 Å². The number of nitrogens with zero attached hydrogens (tertiary/aromatic N) is 3. The highest BCUT2D eigenvalue weighted by atomic mass is 16.6. The normalized spacial score (nSPS) is 19.3. The average Bonchev–Trinajstić information content (AvgIpc) is 3.02. The first-order valence-corrected chi connectivity index (χ1v) is 14.8. The van der Waals surface area contributed by atoms with Gasteiger partial charge in [-0.25, -0.2) is 19.2 Å². The Morgan fingerprint density at radius 3 is 1.38 bits per heavy atom. The molecule has 13 heteroatoms. The van der Waals surface area contributed by atoms with E-state index < -0.39 is 23.9 Å². The molecule has 0 N–H and O–H groups in total. The molecule has 3 fully saturated rings. The molecule has 0 aliphatic carbocycles. The highest BCUT2D eigenvalue weighted by Gasteiger charge is 2.20. The van der Waals surface area contributed by atoms with Gasteiger partial charge >= 0.3 is 23.9 Å². The Labute approximate surface area is 247 Å². The number of carbonyl (C=O) groups is 4. The number of esters is 4. The van der Waals surface area contributed by atoms with Crippen LogP contribution in [0.3, 0.4) is 0 Å². The van der Waals surface area contributed by atoms with E-state index in [-0.39, 0.29) is 32.3 Å².